The zero-order chi connectivity index (χ0) is 26.3. The van der Waals surface area contributed by atoms with Crippen LogP contribution in [0.25, 0.3) is 0 Å². The maximum atomic E-state index is 12.7. The van der Waals surface area contributed by atoms with Gasteiger partial charge < -0.3 is 18.9 Å². The summed E-state index contributed by atoms with van der Waals surface area (Å²) in [7, 11) is 0. The number of carbonyl (C=O) groups excluding carboxylic acids is 2. The molecule has 0 aliphatic carbocycles. The van der Waals surface area contributed by atoms with E-state index in [1.807, 2.05) is 84.9 Å². The van der Waals surface area contributed by atoms with Crippen LogP contribution in [0.2, 0.25) is 0 Å². The molecule has 0 spiro atoms. The van der Waals surface area contributed by atoms with Gasteiger partial charge in [-0.05, 0) is 62.3 Å². The third-order valence-electron chi connectivity index (χ3n) is 6.75. The van der Waals surface area contributed by atoms with E-state index in [9.17, 15) is 9.59 Å². The topological polar surface area (TPSA) is 71.1 Å². The Balaban J connectivity index is 0.000000196. The van der Waals surface area contributed by atoms with Gasteiger partial charge in [0.05, 0.1) is 6.10 Å². The van der Waals surface area contributed by atoms with Gasteiger partial charge in [-0.1, -0.05) is 60.7 Å². The molecule has 4 rings (SSSR count). The first-order chi connectivity index (χ1) is 16.0. The van der Waals surface area contributed by atoms with Crippen LogP contribution in [0.5, 0.6) is 0 Å². The molecule has 3 unspecified atom stereocenters. The van der Waals surface area contributed by atoms with Crippen molar-refractivity contribution >= 4 is 11.6 Å². The Morgan fingerprint density at radius 1 is 0.629 bits per heavy atom. The molecule has 0 N–H and O–H groups in total. The number of hydrogen-bond donors (Lipinski definition) is 0. The van der Waals surface area contributed by atoms with Gasteiger partial charge in [0.25, 0.3) is 0 Å². The molecule has 35 heavy (non-hydrogen) atoms. The van der Waals surface area contributed by atoms with E-state index in [1.54, 1.807) is 38.1 Å². The van der Waals surface area contributed by atoms with Crippen molar-refractivity contribution in [3.63, 3.8) is 0 Å². The van der Waals surface area contributed by atoms with Crippen molar-refractivity contribution in [2.24, 2.45) is 0 Å². The molecule has 0 radical (unpaired) electrons. The van der Waals surface area contributed by atoms with E-state index in [1.165, 1.54) is 0 Å². The molecule has 2 aliphatic heterocycles. The lowest BCUT2D eigenvalue weighted by Crippen LogP contribution is -2.51. The number of carbonyl (C=O) groups is 2. The van der Waals surface area contributed by atoms with Crippen molar-refractivity contribution in [3.8, 4) is 0 Å². The van der Waals surface area contributed by atoms with Crippen molar-refractivity contribution in [1.82, 2.24) is 0 Å². The van der Waals surface area contributed by atoms with Gasteiger partial charge in [0.1, 0.15) is 5.60 Å². The smallest absolute Gasteiger partial charge is 0.197 e. The van der Waals surface area contributed by atoms with Gasteiger partial charge in [0, 0.05) is 11.1 Å². The van der Waals surface area contributed by atoms with Gasteiger partial charge in [-0.15, -0.1) is 0 Å². The molecule has 0 bridgehead atoms. The zero-order valence-electron chi connectivity index (χ0n) is 22.3. The quantitative estimate of drug-likeness (QED) is 0.499. The first kappa shape index (κ1) is 27.2. The molecule has 2 aliphatic rings. The fraction of sp³-hybridized carbons (Fsp3) is 0.517. The summed E-state index contributed by atoms with van der Waals surface area (Å²) >= 11 is 0. The number of ether oxygens (including phenoxy) is 4. The summed E-state index contributed by atoms with van der Waals surface area (Å²) in [5.74, 6) is -1.53. The maximum Gasteiger partial charge on any atom is 0.197 e. The minimum atomic E-state index is -0.974. The largest absolute Gasteiger partial charge is 0.344 e. The summed E-state index contributed by atoms with van der Waals surface area (Å²) in [5, 5.41) is 0. The van der Waals surface area contributed by atoms with Crippen LogP contribution in [-0.4, -0.2) is 46.0 Å². The van der Waals surface area contributed by atoms with Gasteiger partial charge in [0.2, 0.25) is 0 Å². The Kier molecular flexibility index (Phi) is 7.19. The van der Waals surface area contributed by atoms with Crippen molar-refractivity contribution in [2.75, 3.05) is 0 Å². The number of rotatable bonds is 4. The molecule has 0 saturated carbocycles. The number of benzene rings is 2. The molecule has 2 aromatic rings. The van der Waals surface area contributed by atoms with E-state index in [4.69, 9.17) is 18.9 Å². The fourth-order valence-corrected chi connectivity index (χ4v) is 4.79. The van der Waals surface area contributed by atoms with Crippen LogP contribution in [0.4, 0.5) is 0 Å². The average Bonchev–Trinajstić information content (AvgIpc) is 3.10. The van der Waals surface area contributed by atoms with Crippen LogP contribution in [0.15, 0.2) is 60.7 Å². The van der Waals surface area contributed by atoms with Gasteiger partial charge in [-0.25, -0.2) is 0 Å². The monoisotopic (exact) mass is 482 g/mol. The molecule has 6 heteroatoms. The summed E-state index contributed by atoms with van der Waals surface area (Å²) in [5.41, 5.74) is -1.25. The minimum Gasteiger partial charge on any atom is -0.344 e. The zero-order valence-corrected chi connectivity index (χ0v) is 22.3. The summed E-state index contributed by atoms with van der Waals surface area (Å²) in [6, 6.07) is 18.4. The standard InChI is InChI=1S/C15H20O3.C14H18O3/c1-13(2)15(5,18-14(3,4)17-13)12(16)11-9-7-6-8-10-11;1-10-14(4,17-13(2,3)16-10)12(15)11-8-6-5-7-9-11/h6-10H,1-5H3;5-10H,1-4H3. The number of hydrogen-bond acceptors (Lipinski definition) is 6. The molecule has 3 atom stereocenters. The fourth-order valence-electron chi connectivity index (χ4n) is 4.79. The maximum absolute atomic E-state index is 12.7. The second-order valence-corrected chi connectivity index (χ2v) is 10.9. The highest BCUT2D eigenvalue weighted by molar-refractivity contribution is 6.03. The van der Waals surface area contributed by atoms with Gasteiger partial charge in [-0.2, -0.15) is 0 Å². The Labute approximate surface area is 208 Å². The first-order valence-corrected chi connectivity index (χ1v) is 12.0. The Hall–Kier alpha value is -2.38. The lowest BCUT2D eigenvalue weighted by Gasteiger charge is -2.33. The van der Waals surface area contributed by atoms with Crippen LogP contribution in [-0.2, 0) is 18.9 Å². The Bertz CT molecular complexity index is 1060. The van der Waals surface area contributed by atoms with Crippen molar-refractivity contribution in [1.29, 1.82) is 0 Å². The van der Waals surface area contributed by atoms with Gasteiger partial charge >= 0.3 is 0 Å². The molecular formula is C29H38O6. The molecule has 2 aromatic carbocycles. The second-order valence-electron chi connectivity index (χ2n) is 10.9. The highest BCUT2D eigenvalue weighted by atomic mass is 16.8. The van der Waals surface area contributed by atoms with E-state index >= 15 is 0 Å². The van der Waals surface area contributed by atoms with E-state index in [0.29, 0.717) is 11.1 Å². The highest BCUT2D eigenvalue weighted by Crippen LogP contribution is 2.45. The summed E-state index contributed by atoms with van der Waals surface area (Å²) in [6.45, 7) is 16.6. The summed E-state index contributed by atoms with van der Waals surface area (Å²) < 4.78 is 23.2. The SMILES string of the molecule is CC1(C)OC(C)(C)C(C)(C(=O)c2ccccc2)O1.CC1OC(C)(C)OC1(C)C(=O)c1ccccc1. The summed E-state index contributed by atoms with van der Waals surface area (Å²) in [6.07, 6.45) is -0.259. The number of ketones is 2. The second kappa shape index (κ2) is 9.25. The first-order valence-electron chi connectivity index (χ1n) is 12.0. The molecule has 0 aromatic heterocycles. The molecule has 2 heterocycles. The van der Waals surface area contributed by atoms with Gasteiger partial charge in [0.15, 0.2) is 34.3 Å². The minimum absolute atomic E-state index is 0.0313. The van der Waals surface area contributed by atoms with Crippen LogP contribution in [0.1, 0.15) is 83.0 Å². The Morgan fingerprint density at radius 2 is 1.09 bits per heavy atom. The van der Waals surface area contributed by atoms with Crippen molar-refractivity contribution in [3.05, 3.63) is 71.8 Å². The lowest BCUT2D eigenvalue weighted by atomic mass is 9.81. The lowest BCUT2D eigenvalue weighted by molar-refractivity contribution is -0.161. The molecule has 2 fully saturated rings. The van der Waals surface area contributed by atoms with E-state index < -0.39 is 28.4 Å². The van der Waals surface area contributed by atoms with E-state index in [-0.39, 0.29) is 17.7 Å². The Morgan fingerprint density at radius 3 is 1.46 bits per heavy atom. The molecule has 0 amide bonds. The highest BCUT2D eigenvalue weighted by Gasteiger charge is 2.60. The van der Waals surface area contributed by atoms with Crippen LogP contribution in [0.3, 0.4) is 0 Å². The molecular weight excluding hydrogens is 444 g/mol. The molecule has 6 nitrogen and oxygen atoms in total. The normalized spacial score (nSPS) is 30.3. The van der Waals surface area contributed by atoms with E-state index in [0.717, 1.165) is 0 Å². The van der Waals surface area contributed by atoms with Crippen LogP contribution >= 0.6 is 0 Å². The van der Waals surface area contributed by atoms with Crippen LogP contribution in [0, 0.1) is 0 Å². The third-order valence-corrected chi connectivity index (χ3v) is 6.75. The number of Topliss-reactive ketones (excluding diaryl/α,β-unsaturated/α-hetero) is 2. The average molecular weight is 483 g/mol. The van der Waals surface area contributed by atoms with Crippen LogP contribution < -0.4 is 0 Å². The molecule has 2 saturated heterocycles. The van der Waals surface area contributed by atoms with Crippen molar-refractivity contribution in [2.45, 2.75) is 96.8 Å². The predicted octanol–water partition coefficient (Wildman–Crippen LogP) is 5.99. The summed E-state index contributed by atoms with van der Waals surface area (Å²) in [4.78, 5) is 25.1. The predicted molar refractivity (Wildman–Crippen MR) is 134 cm³/mol. The third kappa shape index (κ3) is 5.41. The van der Waals surface area contributed by atoms with E-state index in [2.05, 4.69) is 0 Å². The van der Waals surface area contributed by atoms with Gasteiger partial charge in [-0.3, -0.25) is 9.59 Å². The van der Waals surface area contributed by atoms with Crippen molar-refractivity contribution < 1.29 is 28.5 Å². The molecule has 190 valence electrons.